The van der Waals surface area contributed by atoms with Crippen molar-refractivity contribution < 1.29 is 23.5 Å². The Kier molecular flexibility index (Phi) is 3.89. The number of cyclic esters (lactones) is 1. The van der Waals surface area contributed by atoms with Gasteiger partial charge in [0.1, 0.15) is 11.9 Å². The molecule has 1 atom stereocenters. The maximum Gasteiger partial charge on any atom is 0.414 e. The monoisotopic (exact) mass is 321 g/mol. The van der Waals surface area contributed by atoms with Crippen molar-refractivity contribution in [2.75, 3.05) is 36.0 Å². The van der Waals surface area contributed by atoms with Crippen molar-refractivity contribution in [1.82, 2.24) is 5.32 Å². The van der Waals surface area contributed by atoms with Gasteiger partial charge in [-0.05, 0) is 18.2 Å². The van der Waals surface area contributed by atoms with Gasteiger partial charge in [-0.15, -0.1) is 0 Å². The van der Waals surface area contributed by atoms with Crippen molar-refractivity contribution in [1.29, 1.82) is 0 Å². The smallest absolute Gasteiger partial charge is 0.414 e. The van der Waals surface area contributed by atoms with E-state index in [0.29, 0.717) is 11.4 Å². The van der Waals surface area contributed by atoms with Crippen molar-refractivity contribution in [3.63, 3.8) is 0 Å². The minimum absolute atomic E-state index is 0.0670. The lowest BCUT2D eigenvalue weighted by Crippen LogP contribution is -2.47. The minimum atomic E-state index is -0.577. The van der Waals surface area contributed by atoms with Crippen molar-refractivity contribution in [2.45, 2.75) is 13.0 Å². The van der Waals surface area contributed by atoms with Crippen LogP contribution in [-0.2, 0) is 14.3 Å². The van der Waals surface area contributed by atoms with Crippen LogP contribution < -0.4 is 15.1 Å². The van der Waals surface area contributed by atoms with Gasteiger partial charge in [-0.1, -0.05) is 0 Å². The second-order valence-electron chi connectivity index (χ2n) is 5.58. The number of halogens is 1. The van der Waals surface area contributed by atoms with E-state index in [1.54, 1.807) is 17.0 Å². The van der Waals surface area contributed by atoms with Gasteiger partial charge in [0, 0.05) is 6.92 Å². The van der Waals surface area contributed by atoms with Crippen LogP contribution >= 0.6 is 0 Å². The molecule has 3 rings (SSSR count). The van der Waals surface area contributed by atoms with Crippen LogP contribution in [0.1, 0.15) is 6.92 Å². The van der Waals surface area contributed by atoms with Crippen LogP contribution in [0.25, 0.3) is 0 Å². The molecule has 2 aliphatic heterocycles. The van der Waals surface area contributed by atoms with E-state index >= 15 is 0 Å². The summed E-state index contributed by atoms with van der Waals surface area (Å²) in [6, 6.07) is 4.41. The van der Waals surface area contributed by atoms with Gasteiger partial charge >= 0.3 is 6.09 Å². The fourth-order valence-corrected chi connectivity index (χ4v) is 2.57. The lowest BCUT2D eigenvalue weighted by molar-refractivity contribution is -0.120. The third kappa shape index (κ3) is 3.10. The predicted molar refractivity (Wildman–Crippen MR) is 79.9 cm³/mol. The molecule has 7 nitrogen and oxygen atoms in total. The Hall–Kier alpha value is -2.64. The number of rotatable bonds is 4. The summed E-state index contributed by atoms with van der Waals surface area (Å²) < 4.78 is 19.3. The van der Waals surface area contributed by atoms with Crippen LogP contribution in [-0.4, -0.2) is 50.1 Å². The quantitative estimate of drug-likeness (QED) is 0.882. The Balaban J connectivity index is 1.69. The number of ketones is 1. The lowest BCUT2D eigenvalue weighted by atomic mass is 10.1. The largest absolute Gasteiger partial charge is 0.442 e. The van der Waals surface area contributed by atoms with Crippen LogP contribution in [0.4, 0.5) is 20.6 Å². The number of nitrogens with zero attached hydrogens (tertiary/aromatic N) is 2. The van der Waals surface area contributed by atoms with Crippen LogP contribution in [0, 0.1) is 5.82 Å². The molecule has 2 aliphatic rings. The number of carbonyl (C=O) groups is 3. The zero-order chi connectivity index (χ0) is 16.6. The van der Waals surface area contributed by atoms with Gasteiger partial charge in [-0.2, -0.15) is 0 Å². The number of hydrogen-bond donors (Lipinski definition) is 1. The molecule has 1 aromatic carbocycles. The number of anilines is 2. The third-order valence-electron chi connectivity index (χ3n) is 3.77. The molecule has 0 bridgehead atoms. The highest BCUT2D eigenvalue weighted by atomic mass is 19.1. The Morgan fingerprint density at radius 1 is 1.39 bits per heavy atom. The first kappa shape index (κ1) is 15.3. The number of carbonyl (C=O) groups excluding carboxylic acids is 3. The zero-order valence-corrected chi connectivity index (χ0v) is 12.5. The fraction of sp³-hybridized carbons (Fsp3) is 0.400. The maximum absolute atomic E-state index is 14.2. The summed E-state index contributed by atoms with van der Waals surface area (Å²) in [5.41, 5.74) is 0.726. The second kappa shape index (κ2) is 5.86. The average Bonchev–Trinajstić information content (AvgIpc) is 2.83. The molecule has 0 saturated carbocycles. The van der Waals surface area contributed by atoms with Gasteiger partial charge in [-0.3, -0.25) is 14.5 Å². The first-order valence-corrected chi connectivity index (χ1v) is 7.23. The molecular weight excluding hydrogens is 305 g/mol. The summed E-state index contributed by atoms with van der Waals surface area (Å²) >= 11 is 0. The van der Waals surface area contributed by atoms with Crippen molar-refractivity contribution >= 4 is 29.2 Å². The SMILES string of the molecule is CC(=O)NC[C@H]1CN(c2ccc(N3CC(=O)C3)c(F)c2)C(=O)O1. The first-order chi connectivity index (χ1) is 10.9. The van der Waals surface area contributed by atoms with E-state index in [4.69, 9.17) is 4.74 Å². The van der Waals surface area contributed by atoms with Crippen LogP contribution in [0.2, 0.25) is 0 Å². The van der Waals surface area contributed by atoms with E-state index in [2.05, 4.69) is 5.32 Å². The number of nitrogens with one attached hydrogen (secondary N) is 1. The molecule has 1 N–H and O–H groups in total. The van der Waals surface area contributed by atoms with Gasteiger partial charge in [0.05, 0.1) is 37.6 Å². The van der Waals surface area contributed by atoms with Crippen LogP contribution in [0.15, 0.2) is 18.2 Å². The van der Waals surface area contributed by atoms with Gasteiger partial charge in [-0.25, -0.2) is 9.18 Å². The first-order valence-electron chi connectivity index (χ1n) is 7.23. The van der Waals surface area contributed by atoms with Gasteiger partial charge in [0.25, 0.3) is 0 Å². The minimum Gasteiger partial charge on any atom is -0.442 e. The molecule has 1 aromatic rings. The number of benzene rings is 1. The zero-order valence-electron chi connectivity index (χ0n) is 12.5. The molecule has 2 amide bonds. The molecule has 122 valence electrons. The number of amides is 2. The topological polar surface area (TPSA) is 79.0 Å². The molecule has 2 saturated heterocycles. The molecule has 0 spiro atoms. The summed E-state index contributed by atoms with van der Waals surface area (Å²) in [5.74, 6) is -0.635. The third-order valence-corrected chi connectivity index (χ3v) is 3.77. The summed E-state index contributed by atoms with van der Waals surface area (Å²) in [4.78, 5) is 36.7. The molecular formula is C15H16FN3O4. The molecule has 8 heteroatoms. The van der Waals surface area contributed by atoms with Gasteiger partial charge in [0.2, 0.25) is 5.91 Å². The van der Waals surface area contributed by atoms with E-state index in [1.807, 2.05) is 0 Å². The van der Waals surface area contributed by atoms with Gasteiger partial charge in [0.15, 0.2) is 5.78 Å². The van der Waals surface area contributed by atoms with E-state index in [0.717, 1.165) is 0 Å². The van der Waals surface area contributed by atoms with E-state index in [-0.39, 0.29) is 37.9 Å². The highest BCUT2D eigenvalue weighted by molar-refractivity contribution is 5.96. The molecule has 2 heterocycles. The average molecular weight is 321 g/mol. The Morgan fingerprint density at radius 2 is 2.13 bits per heavy atom. The molecule has 0 radical (unpaired) electrons. The standard InChI is InChI=1S/C15H16FN3O4/c1-9(20)17-5-12-8-19(15(22)23-12)10-2-3-14(13(16)4-10)18-6-11(21)7-18/h2-4,12H,5-8H2,1H3,(H,17,20)/t12-/m0/s1. The molecule has 0 aliphatic carbocycles. The van der Waals surface area contributed by atoms with Crippen molar-refractivity contribution in [3.05, 3.63) is 24.0 Å². The lowest BCUT2D eigenvalue weighted by Gasteiger charge is -2.32. The van der Waals surface area contributed by atoms with Crippen LogP contribution in [0.3, 0.4) is 0 Å². The van der Waals surface area contributed by atoms with Crippen molar-refractivity contribution in [3.8, 4) is 0 Å². The molecule has 0 unspecified atom stereocenters. The summed E-state index contributed by atoms with van der Waals surface area (Å²) in [6.07, 6.45) is -1.05. The predicted octanol–water partition coefficient (Wildman–Crippen LogP) is 0.676. The number of hydrogen-bond acceptors (Lipinski definition) is 5. The Labute approximate surface area is 132 Å². The van der Waals surface area contributed by atoms with E-state index < -0.39 is 18.0 Å². The summed E-state index contributed by atoms with van der Waals surface area (Å²) in [7, 11) is 0. The van der Waals surface area contributed by atoms with E-state index in [9.17, 15) is 18.8 Å². The molecule has 2 fully saturated rings. The summed E-state index contributed by atoms with van der Waals surface area (Å²) in [5, 5.41) is 2.58. The molecule has 0 aromatic heterocycles. The maximum atomic E-state index is 14.2. The second-order valence-corrected chi connectivity index (χ2v) is 5.58. The normalized spacial score (nSPS) is 20.3. The molecule has 23 heavy (non-hydrogen) atoms. The summed E-state index contributed by atoms with van der Waals surface area (Å²) in [6.45, 7) is 2.25. The van der Waals surface area contributed by atoms with E-state index in [1.165, 1.54) is 17.9 Å². The number of ether oxygens (including phenoxy) is 1. The van der Waals surface area contributed by atoms with Crippen molar-refractivity contribution in [2.24, 2.45) is 0 Å². The fourth-order valence-electron chi connectivity index (χ4n) is 2.57. The van der Waals surface area contributed by atoms with Crippen LogP contribution in [0.5, 0.6) is 0 Å². The Morgan fingerprint density at radius 3 is 2.74 bits per heavy atom. The highest BCUT2D eigenvalue weighted by Crippen LogP contribution is 2.29. The highest BCUT2D eigenvalue weighted by Gasteiger charge is 2.33. The van der Waals surface area contributed by atoms with Gasteiger partial charge < -0.3 is 15.0 Å². The Bertz CT molecular complexity index is 671. The number of Topliss-reactive ketones (excluding diaryl/α,β-unsaturated/α-hetero) is 1.